The van der Waals surface area contributed by atoms with Crippen LogP contribution in [0, 0.1) is 0 Å². The zero-order valence-electron chi connectivity index (χ0n) is 26.3. The van der Waals surface area contributed by atoms with Crippen molar-refractivity contribution in [3.63, 3.8) is 0 Å². The minimum Gasteiger partial charge on any atom is -0.443 e. The van der Waals surface area contributed by atoms with Crippen LogP contribution in [0.4, 0.5) is 9.59 Å². The van der Waals surface area contributed by atoms with Crippen LogP contribution in [0.2, 0.25) is 5.02 Å². The first kappa shape index (κ1) is 31.1. The van der Waals surface area contributed by atoms with E-state index in [1.807, 2.05) is 55.8 Å². The second kappa shape index (κ2) is 12.5. The van der Waals surface area contributed by atoms with Crippen LogP contribution < -0.4 is 10.6 Å². The van der Waals surface area contributed by atoms with Gasteiger partial charge in [0.15, 0.2) is 0 Å². The molecule has 2 atom stereocenters. The molecule has 6 rings (SSSR count). The Morgan fingerprint density at radius 3 is 2.51 bits per heavy atom. The molecule has 3 aliphatic carbocycles. The van der Waals surface area contributed by atoms with E-state index in [4.69, 9.17) is 26.1 Å². The van der Waals surface area contributed by atoms with E-state index in [0.29, 0.717) is 18.1 Å². The molecule has 2 saturated carbocycles. The molecule has 0 saturated heterocycles. The van der Waals surface area contributed by atoms with E-state index in [0.717, 1.165) is 72.3 Å². The Kier molecular flexibility index (Phi) is 8.63. The molecule has 1 unspecified atom stereocenters. The molecule has 0 spiro atoms. The van der Waals surface area contributed by atoms with Gasteiger partial charge in [-0.25, -0.2) is 14.6 Å². The van der Waals surface area contributed by atoms with E-state index in [1.165, 1.54) is 0 Å². The number of nitrogens with one attached hydrogen (secondary N) is 2. The molecule has 0 radical (unpaired) electrons. The van der Waals surface area contributed by atoms with Crippen LogP contribution >= 0.6 is 11.6 Å². The largest absolute Gasteiger partial charge is 0.443 e. The summed E-state index contributed by atoms with van der Waals surface area (Å²) < 4.78 is 13.3. The lowest BCUT2D eigenvalue weighted by molar-refractivity contribution is 0.0907. The van der Waals surface area contributed by atoms with Crippen LogP contribution in [0.5, 0.6) is 0 Å². The summed E-state index contributed by atoms with van der Waals surface area (Å²) in [5.41, 5.74) is 4.59. The van der Waals surface area contributed by atoms with Crippen LogP contribution in [0.25, 0.3) is 11.6 Å². The van der Waals surface area contributed by atoms with E-state index < -0.39 is 17.7 Å². The van der Waals surface area contributed by atoms with Gasteiger partial charge in [-0.1, -0.05) is 30.7 Å². The normalized spacial score (nSPS) is 19.3. The minimum atomic E-state index is -0.587. The Hall–Kier alpha value is -3.89. The van der Waals surface area contributed by atoms with Crippen LogP contribution in [-0.4, -0.2) is 62.5 Å². The Balaban J connectivity index is 1.39. The Labute approximate surface area is 269 Å². The lowest BCUT2D eigenvalue weighted by Crippen LogP contribution is -2.39. The molecule has 0 aliphatic heterocycles. The number of pyridine rings is 1. The third-order valence-corrected chi connectivity index (χ3v) is 9.15. The van der Waals surface area contributed by atoms with Gasteiger partial charge in [-0.2, -0.15) is 0 Å². The second-order valence-corrected chi connectivity index (χ2v) is 13.3. The van der Waals surface area contributed by atoms with Gasteiger partial charge < -0.3 is 24.7 Å². The first-order chi connectivity index (χ1) is 21.6. The summed E-state index contributed by atoms with van der Waals surface area (Å²) >= 11 is 6.69. The van der Waals surface area contributed by atoms with Crippen molar-refractivity contribution in [2.45, 2.75) is 76.2 Å². The van der Waals surface area contributed by atoms with Crippen LogP contribution in [-0.2, 0) is 16.5 Å². The Morgan fingerprint density at radius 2 is 1.84 bits per heavy atom. The monoisotopic (exact) mass is 632 g/mol. The van der Waals surface area contributed by atoms with E-state index in [9.17, 15) is 9.59 Å². The third-order valence-electron chi connectivity index (χ3n) is 8.92. The molecule has 2 aromatic heterocycles. The first-order valence-corrected chi connectivity index (χ1v) is 16.1. The number of carbonyl (C=O) groups is 2. The van der Waals surface area contributed by atoms with E-state index in [-0.39, 0.29) is 17.7 Å². The zero-order chi connectivity index (χ0) is 31.8. The number of alkyl carbamates (subject to hydrolysis) is 2. The maximum Gasteiger partial charge on any atom is 0.408 e. The predicted molar refractivity (Wildman–Crippen MR) is 173 cm³/mol. The van der Waals surface area contributed by atoms with E-state index >= 15 is 0 Å². The molecule has 2 N–H and O–H groups in total. The van der Waals surface area contributed by atoms with Crippen LogP contribution in [0.15, 0.2) is 49.1 Å². The molecular formula is C34H41ClN6O4. The SMILES string of the molecule is CCCN(CCNC(=O)OC1(C)CC1)C1c2ccc(Cl)cc2C([C@@H](NC(=O)OC2(C)CC2)c2cncn2C)=Cc2cccnc21. The molecule has 238 valence electrons. The highest BCUT2D eigenvalue weighted by molar-refractivity contribution is 6.30. The molecule has 0 bridgehead atoms. The van der Waals surface area contributed by atoms with Gasteiger partial charge in [0.05, 0.1) is 36.0 Å². The van der Waals surface area contributed by atoms with Gasteiger partial charge in [0, 0.05) is 31.4 Å². The highest BCUT2D eigenvalue weighted by Crippen LogP contribution is 2.45. The first-order valence-electron chi connectivity index (χ1n) is 15.7. The molecule has 2 amide bonds. The number of hydrogen-bond donors (Lipinski definition) is 2. The number of aromatic nitrogens is 3. The second-order valence-electron chi connectivity index (χ2n) is 12.9. The number of benzene rings is 1. The van der Waals surface area contributed by atoms with Crippen LogP contribution in [0.3, 0.4) is 0 Å². The summed E-state index contributed by atoms with van der Waals surface area (Å²) in [5, 5.41) is 6.68. The standard InChI is InChI=1S/C34H41ClN6O4/c1-5-16-41(17-15-38-31(42)44-33(2)10-11-33)30-24-9-8-23(35)19-25(24)26(18-22-7-6-14-37-28(22)30)29(27-20-36-21-40(27)4)39-32(43)45-34(3)12-13-34/h6-9,14,18-21,29-30H,5,10-13,15-17H2,1-4H3,(H,38,42)(H,39,43)/t29-,30?/m1/s1. The summed E-state index contributed by atoms with van der Waals surface area (Å²) in [7, 11) is 1.91. The summed E-state index contributed by atoms with van der Waals surface area (Å²) in [6.07, 6.45) is 10.9. The topological polar surface area (TPSA) is 111 Å². The summed E-state index contributed by atoms with van der Waals surface area (Å²) in [6.45, 7) is 7.80. The molecule has 2 heterocycles. The molecule has 45 heavy (non-hydrogen) atoms. The molecule has 10 nitrogen and oxygen atoms in total. The number of hydrogen-bond acceptors (Lipinski definition) is 7. The van der Waals surface area contributed by atoms with Crippen molar-refractivity contribution in [1.29, 1.82) is 0 Å². The van der Waals surface area contributed by atoms with Crippen molar-refractivity contribution in [1.82, 2.24) is 30.1 Å². The zero-order valence-corrected chi connectivity index (χ0v) is 27.1. The van der Waals surface area contributed by atoms with E-state index in [1.54, 1.807) is 18.7 Å². The van der Waals surface area contributed by atoms with Crippen molar-refractivity contribution in [3.8, 4) is 0 Å². The van der Waals surface area contributed by atoms with Crippen molar-refractivity contribution >= 4 is 35.4 Å². The number of ether oxygens (including phenoxy) is 2. The lowest BCUT2D eigenvalue weighted by atomic mass is 9.90. The fourth-order valence-electron chi connectivity index (χ4n) is 5.90. The van der Waals surface area contributed by atoms with Gasteiger partial charge in [0.1, 0.15) is 11.2 Å². The van der Waals surface area contributed by atoms with Gasteiger partial charge in [0.25, 0.3) is 0 Å². The van der Waals surface area contributed by atoms with Gasteiger partial charge in [-0.3, -0.25) is 9.88 Å². The van der Waals surface area contributed by atoms with Crippen molar-refractivity contribution in [2.75, 3.05) is 19.6 Å². The quantitative estimate of drug-likeness (QED) is 0.251. The summed E-state index contributed by atoms with van der Waals surface area (Å²) in [6, 6.07) is 9.02. The summed E-state index contributed by atoms with van der Waals surface area (Å²) in [5.74, 6) is 0. The molecule has 2 fully saturated rings. The van der Waals surface area contributed by atoms with E-state index in [2.05, 4.69) is 33.5 Å². The van der Waals surface area contributed by atoms with Crippen molar-refractivity contribution in [2.24, 2.45) is 7.05 Å². The summed E-state index contributed by atoms with van der Waals surface area (Å²) in [4.78, 5) is 37.4. The van der Waals surface area contributed by atoms with Gasteiger partial charge in [-0.15, -0.1) is 0 Å². The number of nitrogens with zero attached hydrogens (tertiary/aromatic N) is 4. The van der Waals surface area contributed by atoms with Crippen molar-refractivity contribution < 1.29 is 19.1 Å². The Bertz CT molecular complexity index is 1610. The number of carbonyl (C=O) groups excluding carboxylic acids is 2. The van der Waals surface area contributed by atoms with Gasteiger partial charge in [-0.05, 0) is 99.0 Å². The maximum absolute atomic E-state index is 13.3. The third kappa shape index (κ3) is 7.02. The fourth-order valence-corrected chi connectivity index (χ4v) is 6.07. The van der Waals surface area contributed by atoms with Crippen LogP contribution in [0.1, 0.15) is 93.0 Å². The van der Waals surface area contributed by atoms with Gasteiger partial charge in [0.2, 0.25) is 0 Å². The maximum atomic E-state index is 13.3. The smallest absolute Gasteiger partial charge is 0.408 e. The number of amides is 2. The number of imidazole rings is 1. The fraction of sp³-hybridized carbons (Fsp3) is 0.471. The Morgan fingerprint density at radius 1 is 1.11 bits per heavy atom. The minimum absolute atomic E-state index is 0.245. The lowest BCUT2D eigenvalue weighted by Gasteiger charge is -2.33. The number of rotatable bonds is 11. The predicted octanol–water partition coefficient (Wildman–Crippen LogP) is 6.42. The van der Waals surface area contributed by atoms with Crippen molar-refractivity contribution in [3.05, 3.63) is 82.2 Å². The molecule has 3 aromatic rings. The number of fused-ring (bicyclic) bond motifs is 2. The molecule has 11 heteroatoms. The molecule has 3 aliphatic rings. The number of halogens is 1. The average Bonchev–Trinajstić information content (AvgIpc) is 3.88. The molecular weight excluding hydrogens is 592 g/mol. The number of aryl methyl sites for hydroxylation is 1. The highest BCUT2D eigenvalue weighted by atomic mass is 35.5. The van der Waals surface area contributed by atoms with Gasteiger partial charge >= 0.3 is 12.2 Å². The highest BCUT2D eigenvalue weighted by Gasteiger charge is 2.43. The molecule has 1 aromatic carbocycles. The average molecular weight is 633 g/mol.